The summed E-state index contributed by atoms with van der Waals surface area (Å²) in [6.45, 7) is 8.65. The molecular formula is C30H42O8. The molecule has 5 rings (SSSR count). The summed E-state index contributed by atoms with van der Waals surface area (Å²) in [5.74, 6) is -1.57. The van der Waals surface area contributed by atoms with Crippen molar-refractivity contribution in [2.45, 2.75) is 103 Å². The number of ether oxygens (including phenoxy) is 2. The molecule has 3 fully saturated rings. The number of aliphatic hydroxyl groups excluding tert-OH is 1. The SMILES string of the molecule is CC(=O)OC[C@]12CC[C@H]3[C@@H](C[C@@H](O)[C@@]4(O)CC=CC(=O)[C@]34C)[C@@H]1CC[C@@H]2[C@@](C)(O)[C@H]1CC(C)=C(C)C(=O)O1. The summed E-state index contributed by atoms with van der Waals surface area (Å²) in [5, 5.41) is 35.0. The number of carbonyl (C=O) groups excluding carboxylic acids is 3. The third-order valence-corrected chi connectivity index (χ3v) is 11.6. The zero-order chi connectivity index (χ0) is 27.8. The lowest BCUT2D eigenvalue weighted by atomic mass is 9.42. The number of rotatable bonds is 4. The third-order valence-electron chi connectivity index (χ3n) is 11.6. The molecule has 0 amide bonds. The van der Waals surface area contributed by atoms with Crippen molar-refractivity contribution in [2.75, 3.05) is 6.61 Å². The van der Waals surface area contributed by atoms with Crippen molar-refractivity contribution >= 4 is 17.7 Å². The van der Waals surface area contributed by atoms with Crippen LogP contribution in [0.5, 0.6) is 0 Å². The maximum atomic E-state index is 13.3. The van der Waals surface area contributed by atoms with Crippen LogP contribution in [0.1, 0.15) is 79.6 Å². The van der Waals surface area contributed by atoms with Crippen LogP contribution in [0.25, 0.3) is 0 Å². The zero-order valence-electron chi connectivity index (χ0n) is 23.2. The van der Waals surface area contributed by atoms with Crippen molar-refractivity contribution in [1.82, 2.24) is 0 Å². The third kappa shape index (κ3) is 3.62. The van der Waals surface area contributed by atoms with E-state index in [1.165, 1.54) is 6.92 Å². The number of aliphatic hydroxyl groups is 3. The maximum absolute atomic E-state index is 13.3. The van der Waals surface area contributed by atoms with Gasteiger partial charge in [-0.2, -0.15) is 0 Å². The molecule has 5 aliphatic rings. The van der Waals surface area contributed by atoms with Gasteiger partial charge in [0.15, 0.2) is 5.78 Å². The average molecular weight is 531 g/mol. The van der Waals surface area contributed by atoms with Crippen LogP contribution in [0.2, 0.25) is 0 Å². The number of hydrogen-bond donors (Lipinski definition) is 3. The second-order valence-electron chi connectivity index (χ2n) is 13.1. The number of ketones is 1. The molecule has 0 aromatic carbocycles. The molecule has 8 heteroatoms. The summed E-state index contributed by atoms with van der Waals surface area (Å²) in [6.07, 6.45) is 5.00. The van der Waals surface area contributed by atoms with Gasteiger partial charge in [0.2, 0.25) is 0 Å². The minimum atomic E-state index is -1.52. The van der Waals surface area contributed by atoms with Gasteiger partial charge in [-0.25, -0.2) is 4.79 Å². The molecular weight excluding hydrogens is 488 g/mol. The van der Waals surface area contributed by atoms with E-state index in [2.05, 4.69) is 0 Å². The second-order valence-corrected chi connectivity index (χ2v) is 13.1. The van der Waals surface area contributed by atoms with E-state index in [9.17, 15) is 29.7 Å². The van der Waals surface area contributed by atoms with Gasteiger partial charge < -0.3 is 24.8 Å². The molecule has 0 radical (unpaired) electrons. The first-order chi connectivity index (χ1) is 17.7. The van der Waals surface area contributed by atoms with Crippen molar-refractivity contribution < 1.29 is 39.2 Å². The molecule has 10 atom stereocenters. The first-order valence-electron chi connectivity index (χ1n) is 14.0. The van der Waals surface area contributed by atoms with Crippen molar-refractivity contribution in [2.24, 2.45) is 34.5 Å². The van der Waals surface area contributed by atoms with E-state index in [0.29, 0.717) is 37.7 Å². The molecule has 0 aromatic rings. The van der Waals surface area contributed by atoms with Crippen molar-refractivity contribution in [1.29, 1.82) is 0 Å². The molecule has 3 saturated carbocycles. The Morgan fingerprint density at radius 2 is 1.92 bits per heavy atom. The molecule has 38 heavy (non-hydrogen) atoms. The van der Waals surface area contributed by atoms with Gasteiger partial charge >= 0.3 is 11.9 Å². The molecule has 1 heterocycles. The number of hydrogen-bond acceptors (Lipinski definition) is 8. The van der Waals surface area contributed by atoms with E-state index in [0.717, 1.165) is 12.0 Å². The Morgan fingerprint density at radius 1 is 1.21 bits per heavy atom. The highest BCUT2D eigenvalue weighted by molar-refractivity contribution is 5.97. The second kappa shape index (κ2) is 9.00. The van der Waals surface area contributed by atoms with Crippen molar-refractivity contribution in [3.05, 3.63) is 23.3 Å². The van der Waals surface area contributed by atoms with Crippen molar-refractivity contribution in [3.8, 4) is 0 Å². The fourth-order valence-electron chi connectivity index (χ4n) is 9.33. The van der Waals surface area contributed by atoms with Crippen LogP contribution < -0.4 is 0 Å². The van der Waals surface area contributed by atoms with Gasteiger partial charge in [-0.1, -0.05) is 11.6 Å². The number of esters is 2. The molecule has 210 valence electrons. The van der Waals surface area contributed by atoms with Crippen LogP contribution >= 0.6 is 0 Å². The Balaban J connectivity index is 1.53. The molecule has 0 aromatic heterocycles. The smallest absolute Gasteiger partial charge is 0.334 e. The predicted octanol–water partition coefficient (Wildman–Crippen LogP) is 3.02. The summed E-state index contributed by atoms with van der Waals surface area (Å²) in [4.78, 5) is 37.9. The number of carbonyl (C=O) groups is 3. The molecule has 1 aliphatic heterocycles. The average Bonchev–Trinajstić information content (AvgIpc) is 3.24. The Kier molecular flexibility index (Phi) is 6.52. The van der Waals surface area contributed by atoms with Crippen LogP contribution in [-0.4, -0.2) is 63.1 Å². The van der Waals surface area contributed by atoms with E-state index in [1.54, 1.807) is 32.9 Å². The number of fused-ring (bicyclic) bond motifs is 5. The summed E-state index contributed by atoms with van der Waals surface area (Å²) < 4.78 is 11.4. The Bertz CT molecular complexity index is 1110. The molecule has 3 N–H and O–H groups in total. The van der Waals surface area contributed by atoms with Gasteiger partial charge in [-0.15, -0.1) is 0 Å². The van der Waals surface area contributed by atoms with Gasteiger partial charge in [0.1, 0.15) is 17.3 Å². The maximum Gasteiger partial charge on any atom is 0.334 e. The highest BCUT2D eigenvalue weighted by atomic mass is 16.6. The van der Waals surface area contributed by atoms with Crippen LogP contribution in [0.15, 0.2) is 23.3 Å². The lowest BCUT2D eigenvalue weighted by Crippen LogP contribution is -2.70. The largest absolute Gasteiger partial charge is 0.465 e. The Morgan fingerprint density at radius 3 is 2.58 bits per heavy atom. The first kappa shape index (κ1) is 27.5. The first-order valence-corrected chi connectivity index (χ1v) is 14.0. The summed E-state index contributed by atoms with van der Waals surface area (Å²) in [7, 11) is 0. The van der Waals surface area contributed by atoms with E-state index in [-0.39, 0.29) is 42.5 Å². The molecule has 0 spiro atoms. The summed E-state index contributed by atoms with van der Waals surface area (Å²) in [5.41, 5.74) is -3.15. The van der Waals surface area contributed by atoms with Crippen LogP contribution in [-0.2, 0) is 23.9 Å². The van der Waals surface area contributed by atoms with E-state index < -0.39 is 46.2 Å². The molecule has 0 bridgehead atoms. The fourth-order valence-corrected chi connectivity index (χ4v) is 9.33. The zero-order valence-corrected chi connectivity index (χ0v) is 23.2. The van der Waals surface area contributed by atoms with Crippen LogP contribution in [0.4, 0.5) is 0 Å². The van der Waals surface area contributed by atoms with Crippen molar-refractivity contribution in [3.63, 3.8) is 0 Å². The number of cyclic esters (lactones) is 1. The van der Waals surface area contributed by atoms with Gasteiger partial charge in [0, 0.05) is 30.3 Å². The molecule has 0 saturated heterocycles. The Labute approximate surface area is 224 Å². The fraction of sp³-hybridized carbons (Fsp3) is 0.767. The Hall–Kier alpha value is -2.03. The van der Waals surface area contributed by atoms with Gasteiger partial charge in [-0.3, -0.25) is 9.59 Å². The molecule has 8 nitrogen and oxygen atoms in total. The lowest BCUT2D eigenvalue weighted by molar-refractivity contribution is -0.241. The highest BCUT2D eigenvalue weighted by Crippen LogP contribution is 2.69. The minimum Gasteiger partial charge on any atom is -0.465 e. The van der Waals surface area contributed by atoms with Gasteiger partial charge in [0.05, 0.1) is 18.1 Å². The molecule has 4 aliphatic carbocycles. The predicted molar refractivity (Wildman–Crippen MR) is 137 cm³/mol. The summed E-state index contributed by atoms with van der Waals surface area (Å²) >= 11 is 0. The highest BCUT2D eigenvalue weighted by Gasteiger charge is 2.71. The quantitative estimate of drug-likeness (QED) is 0.473. The van der Waals surface area contributed by atoms with E-state index in [1.807, 2.05) is 6.92 Å². The number of allylic oxidation sites excluding steroid dienone is 1. The van der Waals surface area contributed by atoms with Gasteiger partial charge in [0.25, 0.3) is 0 Å². The standard InChI is InChI=1S/C30H42O8/c1-16-13-25(38-26(34)17(16)2)28(5,35)22-9-8-21-19-14-24(33)30(36)11-6-7-23(32)27(30,4)20(19)10-12-29(21,22)15-37-18(3)31/h6-7,19-22,24-25,33,35-36H,8-15H2,1-5H3/t19-,20+,21+,22-,24-,25-,27+,28-,29-,30+/m1/s1. The van der Waals surface area contributed by atoms with Crippen LogP contribution in [0, 0.1) is 34.5 Å². The normalized spacial score (nSPS) is 46.0. The van der Waals surface area contributed by atoms with Gasteiger partial charge in [-0.05, 0) is 90.0 Å². The van der Waals surface area contributed by atoms with E-state index in [4.69, 9.17) is 9.47 Å². The van der Waals surface area contributed by atoms with E-state index >= 15 is 0 Å². The monoisotopic (exact) mass is 530 g/mol. The minimum absolute atomic E-state index is 0.0375. The van der Waals surface area contributed by atoms with Crippen LogP contribution in [0.3, 0.4) is 0 Å². The summed E-state index contributed by atoms with van der Waals surface area (Å²) in [6, 6.07) is 0. The topological polar surface area (TPSA) is 130 Å². The molecule has 0 unspecified atom stereocenters. The lowest BCUT2D eigenvalue weighted by Gasteiger charge is -2.63.